The molecule has 8 aromatic rings. The Labute approximate surface area is 361 Å². The molecule has 0 N–H and O–H groups in total. The molecule has 12 rings (SSSR count). The van der Waals surface area contributed by atoms with Gasteiger partial charge >= 0.3 is 0 Å². The van der Waals surface area contributed by atoms with Gasteiger partial charge in [0.1, 0.15) is 0 Å². The standard InChI is InChI=1S/C59H54N2/c1-59(2)55-20-10-9-19-48(55)49-28-25-42(36-56(49)59)58-51-30-27-43(60-31-11-3-12-32-60)37-53(51)57(50-29-26-44(38-54(50)58)61-33-13-4-14-34-61)40-23-21-39(22-24-40)52-35-41-15-5-6-16-45(41)46-17-7-8-18-47(46)52/h6-10,16-30,35-38H,3-5,11-15,31-34H2,1-2H3. The van der Waals surface area contributed by atoms with Crippen LogP contribution in [0.4, 0.5) is 11.4 Å². The lowest BCUT2D eigenvalue weighted by Crippen LogP contribution is -2.29. The highest BCUT2D eigenvalue weighted by atomic mass is 15.1. The molecule has 0 unspecified atom stereocenters. The van der Waals surface area contributed by atoms with Crippen molar-refractivity contribution in [2.75, 3.05) is 36.0 Å². The number of aryl methyl sites for hydroxylation is 1. The summed E-state index contributed by atoms with van der Waals surface area (Å²) in [6, 6.07) is 52.4. The molecule has 0 saturated carbocycles. The Kier molecular flexibility index (Phi) is 8.74. The van der Waals surface area contributed by atoms with Crippen LogP contribution in [0, 0.1) is 0 Å². The van der Waals surface area contributed by atoms with Gasteiger partial charge in [-0.3, -0.25) is 0 Å². The highest BCUT2D eigenvalue weighted by Crippen LogP contribution is 2.52. The molecule has 0 spiro atoms. The number of hydrogen-bond donors (Lipinski definition) is 0. The monoisotopic (exact) mass is 790 g/mol. The first-order valence-corrected chi connectivity index (χ1v) is 23.1. The first-order chi connectivity index (χ1) is 30.0. The first kappa shape index (κ1) is 36.7. The third-order valence-corrected chi connectivity index (χ3v) is 14.9. The zero-order valence-electron chi connectivity index (χ0n) is 35.7. The van der Waals surface area contributed by atoms with Gasteiger partial charge in [-0.05, 0) is 187 Å². The minimum absolute atomic E-state index is 0.0737. The van der Waals surface area contributed by atoms with Crippen LogP contribution in [0.3, 0.4) is 0 Å². The molecular weight excluding hydrogens is 737 g/mol. The zero-order valence-corrected chi connectivity index (χ0v) is 35.7. The molecule has 2 heterocycles. The Morgan fingerprint density at radius 1 is 0.426 bits per heavy atom. The second kappa shape index (κ2) is 14.5. The minimum atomic E-state index is -0.0737. The van der Waals surface area contributed by atoms with Crippen molar-refractivity contribution in [1.82, 2.24) is 0 Å². The molecule has 300 valence electrons. The van der Waals surface area contributed by atoms with Gasteiger partial charge in [0.15, 0.2) is 0 Å². The maximum Gasteiger partial charge on any atom is 0.0372 e. The SMILES string of the molecule is CC1(C)c2ccccc2-c2ccc(-c3c4ccc(N5CCCCC5)cc4c(-c4ccc(-c5cc6c(c7ccccc57)C=CCC6)cc4)c4ccc(N5CCCCC5)cc34)cc21. The summed E-state index contributed by atoms with van der Waals surface area (Å²) in [6.45, 7) is 9.32. The number of allylic oxidation sites excluding steroid dienone is 1. The van der Waals surface area contributed by atoms with E-state index in [1.54, 1.807) is 0 Å². The number of piperidine rings is 2. The Morgan fingerprint density at radius 3 is 1.69 bits per heavy atom. The summed E-state index contributed by atoms with van der Waals surface area (Å²) in [6.07, 6.45) is 14.6. The molecule has 8 aromatic carbocycles. The van der Waals surface area contributed by atoms with Crippen molar-refractivity contribution in [2.45, 2.75) is 70.6 Å². The van der Waals surface area contributed by atoms with E-state index in [0.29, 0.717) is 0 Å². The average Bonchev–Trinajstić information content (AvgIpc) is 3.55. The lowest BCUT2D eigenvalue weighted by molar-refractivity contribution is 0.578. The number of benzene rings is 8. The van der Waals surface area contributed by atoms with Crippen molar-refractivity contribution >= 4 is 49.8 Å². The second-order valence-corrected chi connectivity index (χ2v) is 18.8. The van der Waals surface area contributed by atoms with Crippen molar-refractivity contribution in [3.63, 3.8) is 0 Å². The fourth-order valence-corrected chi connectivity index (χ4v) is 11.7. The van der Waals surface area contributed by atoms with Crippen LogP contribution in [0.2, 0.25) is 0 Å². The summed E-state index contributed by atoms with van der Waals surface area (Å²) >= 11 is 0. The molecule has 2 aliphatic heterocycles. The van der Waals surface area contributed by atoms with Crippen LogP contribution >= 0.6 is 0 Å². The number of hydrogen-bond acceptors (Lipinski definition) is 2. The van der Waals surface area contributed by atoms with Gasteiger partial charge in [-0.2, -0.15) is 0 Å². The maximum absolute atomic E-state index is 2.63. The van der Waals surface area contributed by atoms with Gasteiger partial charge in [-0.1, -0.05) is 123 Å². The van der Waals surface area contributed by atoms with E-state index in [2.05, 4.69) is 169 Å². The van der Waals surface area contributed by atoms with Gasteiger partial charge in [-0.25, -0.2) is 0 Å². The van der Waals surface area contributed by atoms with Crippen LogP contribution in [0.1, 0.15) is 81.0 Å². The molecule has 0 amide bonds. The van der Waals surface area contributed by atoms with Crippen molar-refractivity contribution in [1.29, 1.82) is 0 Å². The fourth-order valence-electron chi connectivity index (χ4n) is 11.7. The quantitative estimate of drug-likeness (QED) is 0.160. The van der Waals surface area contributed by atoms with Crippen LogP contribution in [0.5, 0.6) is 0 Å². The predicted octanol–water partition coefficient (Wildman–Crippen LogP) is 15.4. The molecule has 2 nitrogen and oxygen atoms in total. The molecular formula is C59H54N2. The number of anilines is 2. The van der Waals surface area contributed by atoms with Gasteiger partial charge in [0.25, 0.3) is 0 Å². The van der Waals surface area contributed by atoms with Gasteiger partial charge in [0.05, 0.1) is 0 Å². The smallest absolute Gasteiger partial charge is 0.0372 e. The molecule has 2 saturated heterocycles. The van der Waals surface area contributed by atoms with Crippen molar-refractivity contribution in [3.8, 4) is 44.5 Å². The molecule has 0 radical (unpaired) electrons. The maximum atomic E-state index is 2.63. The summed E-state index contributed by atoms with van der Waals surface area (Å²) in [5.74, 6) is 0. The molecule has 2 heteroatoms. The van der Waals surface area contributed by atoms with E-state index in [-0.39, 0.29) is 5.41 Å². The summed E-state index contributed by atoms with van der Waals surface area (Å²) < 4.78 is 0. The lowest BCUT2D eigenvalue weighted by atomic mass is 9.80. The topological polar surface area (TPSA) is 6.48 Å². The fraction of sp³-hybridized carbons (Fsp3) is 0.254. The Balaban J connectivity index is 1.10. The summed E-state index contributed by atoms with van der Waals surface area (Å²) in [5, 5.41) is 8.06. The summed E-state index contributed by atoms with van der Waals surface area (Å²) in [7, 11) is 0. The van der Waals surface area contributed by atoms with Crippen molar-refractivity contribution in [3.05, 3.63) is 162 Å². The minimum Gasteiger partial charge on any atom is -0.372 e. The normalized spacial score (nSPS) is 16.9. The molecule has 0 aromatic heterocycles. The number of fused-ring (bicyclic) bond motifs is 8. The van der Waals surface area contributed by atoms with E-state index in [1.807, 2.05) is 0 Å². The third kappa shape index (κ3) is 5.97. The van der Waals surface area contributed by atoms with E-state index < -0.39 is 0 Å². The Hall–Kier alpha value is -6.12. The molecule has 0 atom stereocenters. The van der Waals surface area contributed by atoms with Gasteiger partial charge < -0.3 is 9.80 Å². The highest BCUT2D eigenvalue weighted by Gasteiger charge is 2.35. The van der Waals surface area contributed by atoms with E-state index in [4.69, 9.17) is 0 Å². The van der Waals surface area contributed by atoms with E-state index >= 15 is 0 Å². The van der Waals surface area contributed by atoms with E-state index in [1.165, 1.54) is 149 Å². The van der Waals surface area contributed by atoms with Gasteiger partial charge in [-0.15, -0.1) is 0 Å². The Morgan fingerprint density at radius 2 is 1.00 bits per heavy atom. The van der Waals surface area contributed by atoms with Crippen molar-refractivity contribution in [2.24, 2.45) is 0 Å². The molecule has 2 fully saturated rings. The second-order valence-electron chi connectivity index (χ2n) is 18.8. The number of nitrogens with zero attached hydrogens (tertiary/aromatic N) is 2. The van der Waals surface area contributed by atoms with Crippen LogP contribution in [0.25, 0.3) is 82.9 Å². The molecule has 0 bridgehead atoms. The first-order valence-electron chi connectivity index (χ1n) is 23.1. The summed E-state index contributed by atoms with van der Waals surface area (Å²) in [4.78, 5) is 5.26. The van der Waals surface area contributed by atoms with Crippen LogP contribution in [0.15, 0.2) is 140 Å². The zero-order chi connectivity index (χ0) is 40.7. The van der Waals surface area contributed by atoms with E-state index in [0.717, 1.165) is 39.0 Å². The van der Waals surface area contributed by atoms with Crippen molar-refractivity contribution < 1.29 is 0 Å². The van der Waals surface area contributed by atoms with Crippen LogP contribution in [-0.2, 0) is 11.8 Å². The van der Waals surface area contributed by atoms with Crippen LogP contribution in [-0.4, -0.2) is 26.2 Å². The van der Waals surface area contributed by atoms with Gasteiger partial charge in [0, 0.05) is 43.0 Å². The average molecular weight is 791 g/mol. The summed E-state index contributed by atoms with van der Waals surface area (Å²) in [5.41, 5.74) is 19.0. The highest BCUT2D eigenvalue weighted by molar-refractivity contribution is 6.22. The number of rotatable bonds is 5. The van der Waals surface area contributed by atoms with E-state index in [9.17, 15) is 0 Å². The largest absolute Gasteiger partial charge is 0.372 e. The molecule has 2 aliphatic carbocycles. The molecule has 61 heavy (non-hydrogen) atoms. The third-order valence-electron chi connectivity index (χ3n) is 14.9. The van der Waals surface area contributed by atoms with Gasteiger partial charge in [0.2, 0.25) is 0 Å². The Bertz CT molecular complexity index is 3060. The lowest BCUT2D eigenvalue weighted by Gasteiger charge is -2.30. The molecule has 4 aliphatic rings. The predicted molar refractivity (Wildman–Crippen MR) is 262 cm³/mol. The van der Waals surface area contributed by atoms with Crippen LogP contribution < -0.4 is 9.80 Å².